The minimum absolute atomic E-state index is 0.103. The van der Waals surface area contributed by atoms with Crippen LogP contribution < -0.4 is 11.1 Å². The molecule has 17 heavy (non-hydrogen) atoms. The van der Waals surface area contributed by atoms with Crippen LogP contribution in [0, 0.1) is 11.7 Å². The molecule has 0 bridgehead atoms. The van der Waals surface area contributed by atoms with Crippen LogP contribution in [0.25, 0.3) is 0 Å². The van der Waals surface area contributed by atoms with Gasteiger partial charge in [-0.3, -0.25) is 0 Å². The molecule has 1 aromatic rings. The van der Waals surface area contributed by atoms with Crippen molar-refractivity contribution in [3.63, 3.8) is 0 Å². The van der Waals surface area contributed by atoms with Gasteiger partial charge in [-0.25, -0.2) is 4.39 Å². The number of halogens is 1. The summed E-state index contributed by atoms with van der Waals surface area (Å²) >= 11 is 0. The van der Waals surface area contributed by atoms with Crippen molar-refractivity contribution in [2.45, 2.75) is 19.9 Å². The largest absolute Gasteiger partial charge is 0.409 e. The molecule has 5 heteroatoms. The minimum Gasteiger partial charge on any atom is -0.409 e. The second kappa shape index (κ2) is 6.20. The average Bonchev–Trinajstić information content (AvgIpc) is 2.35. The maximum absolute atomic E-state index is 13.5. The predicted octanol–water partition coefficient (Wildman–Crippen LogP) is 1.86. The van der Waals surface area contributed by atoms with E-state index in [1.807, 2.05) is 13.8 Å². The number of nitrogens with zero attached hydrogens (tertiary/aromatic N) is 1. The van der Waals surface area contributed by atoms with Gasteiger partial charge in [0.1, 0.15) is 11.7 Å². The van der Waals surface area contributed by atoms with E-state index < -0.39 is 0 Å². The highest BCUT2D eigenvalue weighted by atomic mass is 19.1. The highest BCUT2D eigenvalue weighted by Crippen LogP contribution is 2.16. The van der Waals surface area contributed by atoms with Crippen LogP contribution in [-0.2, 0) is 0 Å². The van der Waals surface area contributed by atoms with Crippen LogP contribution in [0.1, 0.15) is 25.5 Å². The monoisotopic (exact) mass is 239 g/mol. The Hall–Kier alpha value is -1.62. The third kappa shape index (κ3) is 3.71. The summed E-state index contributed by atoms with van der Waals surface area (Å²) in [6, 6.07) is 6.50. The molecule has 2 unspecified atom stereocenters. The van der Waals surface area contributed by atoms with E-state index in [0.717, 1.165) is 0 Å². The molecule has 0 aromatic heterocycles. The Morgan fingerprint density at radius 1 is 1.47 bits per heavy atom. The van der Waals surface area contributed by atoms with Gasteiger partial charge in [0, 0.05) is 24.1 Å². The lowest BCUT2D eigenvalue weighted by Gasteiger charge is -2.17. The lowest BCUT2D eigenvalue weighted by Crippen LogP contribution is -2.32. The lowest BCUT2D eigenvalue weighted by atomic mass is 10.1. The van der Waals surface area contributed by atoms with Crippen molar-refractivity contribution in [1.29, 1.82) is 0 Å². The SMILES string of the molecule is CC(CNC(C)c1ccccc1F)C(N)=NO. The predicted molar refractivity (Wildman–Crippen MR) is 65.4 cm³/mol. The normalized spacial score (nSPS) is 15.6. The molecule has 0 heterocycles. The van der Waals surface area contributed by atoms with Crippen LogP contribution >= 0.6 is 0 Å². The Morgan fingerprint density at radius 2 is 2.12 bits per heavy atom. The van der Waals surface area contributed by atoms with Gasteiger partial charge >= 0.3 is 0 Å². The number of nitrogens with two attached hydrogens (primary N) is 1. The zero-order valence-corrected chi connectivity index (χ0v) is 10.0. The van der Waals surface area contributed by atoms with E-state index in [9.17, 15) is 4.39 Å². The summed E-state index contributed by atoms with van der Waals surface area (Å²) in [6.45, 7) is 4.22. The first kappa shape index (κ1) is 13.4. The van der Waals surface area contributed by atoms with Gasteiger partial charge in [-0.15, -0.1) is 0 Å². The van der Waals surface area contributed by atoms with Crippen LogP contribution in [0.3, 0.4) is 0 Å². The van der Waals surface area contributed by atoms with Crippen molar-refractivity contribution >= 4 is 5.84 Å². The first-order chi connectivity index (χ1) is 8.06. The van der Waals surface area contributed by atoms with E-state index in [1.54, 1.807) is 18.2 Å². The van der Waals surface area contributed by atoms with Crippen LogP contribution in [0.2, 0.25) is 0 Å². The first-order valence-electron chi connectivity index (χ1n) is 5.51. The molecule has 0 spiro atoms. The van der Waals surface area contributed by atoms with Gasteiger partial charge in [0.05, 0.1) is 0 Å². The Bertz CT molecular complexity index is 395. The van der Waals surface area contributed by atoms with Gasteiger partial charge in [-0.05, 0) is 13.0 Å². The number of nitrogens with one attached hydrogen (secondary N) is 1. The van der Waals surface area contributed by atoms with Crippen molar-refractivity contribution < 1.29 is 9.60 Å². The van der Waals surface area contributed by atoms with Gasteiger partial charge in [0.15, 0.2) is 0 Å². The summed E-state index contributed by atoms with van der Waals surface area (Å²) in [4.78, 5) is 0. The number of hydrogen-bond donors (Lipinski definition) is 3. The molecule has 4 N–H and O–H groups in total. The Morgan fingerprint density at radius 3 is 2.71 bits per heavy atom. The molecule has 0 radical (unpaired) electrons. The molecule has 0 saturated heterocycles. The van der Waals surface area contributed by atoms with Crippen LogP contribution in [0.5, 0.6) is 0 Å². The van der Waals surface area contributed by atoms with Crippen LogP contribution in [-0.4, -0.2) is 17.6 Å². The van der Waals surface area contributed by atoms with Gasteiger partial charge in [0.2, 0.25) is 0 Å². The summed E-state index contributed by atoms with van der Waals surface area (Å²) in [5.74, 6) is -0.170. The third-order valence-electron chi connectivity index (χ3n) is 2.72. The molecule has 94 valence electrons. The smallest absolute Gasteiger partial charge is 0.143 e. The summed E-state index contributed by atoms with van der Waals surface area (Å²) in [7, 11) is 0. The number of oxime groups is 1. The van der Waals surface area contributed by atoms with E-state index in [4.69, 9.17) is 10.9 Å². The van der Waals surface area contributed by atoms with E-state index >= 15 is 0 Å². The molecule has 0 aliphatic rings. The maximum atomic E-state index is 13.5. The highest BCUT2D eigenvalue weighted by Gasteiger charge is 2.12. The summed E-state index contributed by atoms with van der Waals surface area (Å²) in [6.07, 6.45) is 0. The van der Waals surface area contributed by atoms with Crippen molar-refractivity contribution in [3.05, 3.63) is 35.6 Å². The van der Waals surface area contributed by atoms with E-state index in [-0.39, 0.29) is 23.6 Å². The average molecular weight is 239 g/mol. The molecule has 0 saturated carbocycles. The fourth-order valence-corrected chi connectivity index (χ4v) is 1.49. The zero-order valence-electron chi connectivity index (χ0n) is 10.0. The molecule has 0 amide bonds. The molecular weight excluding hydrogens is 221 g/mol. The second-order valence-electron chi connectivity index (χ2n) is 4.08. The number of hydrogen-bond acceptors (Lipinski definition) is 3. The van der Waals surface area contributed by atoms with Crippen molar-refractivity contribution in [1.82, 2.24) is 5.32 Å². The quantitative estimate of drug-likeness (QED) is 0.318. The molecule has 1 rings (SSSR count). The number of rotatable bonds is 5. The first-order valence-corrected chi connectivity index (χ1v) is 5.51. The summed E-state index contributed by atoms with van der Waals surface area (Å²) in [5, 5.41) is 14.6. The van der Waals surface area contributed by atoms with Gasteiger partial charge < -0.3 is 16.3 Å². The lowest BCUT2D eigenvalue weighted by molar-refractivity contribution is 0.313. The fourth-order valence-electron chi connectivity index (χ4n) is 1.49. The van der Waals surface area contributed by atoms with Gasteiger partial charge in [0.25, 0.3) is 0 Å². The second-order valence-corrected chi connectivity index (χ2v) is 4.08. The van der Waals surface area contributed by atoms with Crippen molar-refractivity contribution in [2.24, 2.45) is 16.8 Å². The van der Waals surface area contributed by atoms with Gasteiger partial charge in [-0.1, -0.05) is 30.3 Å². The Kier molecular flexibility index (Phi) is 4.90. The molecule has 0 fully saturated rings. The number of amidine groups is 1. The highest BCUT2D eigenvalue weighted by molar-refractivity contribution is 5.82. The zero-order chi connectivity index (χ0) is 12.8. The Balaban J connectivity index is 2.56. The minimum atomic E-state index is -0.232. The van der Waals surface area contributed by atoms with Crippen molar-refractivity contribution in [3.8, 4) is 0 Å². The van der Waals surface area contributed by atoms with E-state index in [1.165, 1.54) is 6.07 Å². The van der Waals surface area contributed by atoms with E-state index in [2.05, 4.69) is 10.5 Å². The Labute approximate surface area is 100 Å². The molecule has 1 aromatic carbocycles. The maximum Gasteiger partial charge on any atom is 0.143 e. The molecule has 0 aliphatic carbocycles. The topological polar surface area (TPSA) is 70.6 Å². The molecular formula is C12H18FN3O. The standard InChI is InChI=1S/C12H18FN3O/c1-8(12(14)16-17)7-15-9(2)10-5-3-4-6-11(10)13/h3-6,8-9,15,17H,7H2,1-2H3,(H2,14,16). The summed E-state index contributed by atoms with van der Waals surface area (Å²) in [5.41, 5.74) is 6.07. The molecule has 2 atom stereocenters. The van der Waals surface area contributed by atoms with Crippen LogP contribution in [0.4, 0.5) is 4.39 Å². The third-order valence-corrected chi connectivity index (χ3v) is 2.72. The molecule has 0 aliphatic heterocycles. The van der Waals surface area contributed by atoms with E-state index in [0.29, 0.717) is 12.1 Å². The molecule has 4 nitrogen and oxygen atoms in total. The fraction of sp³-hybridized carbons (Fsp3) is 0.417. The van der Waals surface area contributed by atoms with Crippen LogP contribution in [0.15, 0.2) is 29.4 Å². The van der Waals surface area contributed by atoms with Crippen molar-refractivity contribution in [2.75, 3.05) is 6.54 Å². The summed E-state index contributed by atoms with van der Waals surface area (Å²) < 4.78 is 13.5. The number of benzene rings is 1. The van der Waals surface area contributed by atoms with Gasteiger partial charge in [-0.2, -0.15) is 0 Å².